The number of ether oxygens (including phenoxy) is 1. The van der Waals surface area contributed by atoms with Crippen LogP contribution in [-0.4, -0.2) is 70.8 Å². The van der Waals surface area contributed by atoms with Crippen LogP contribution in [0, 0.1) is 0 Å². The summed E-state index contributed by atoms with van der Waals surface area (Å²) in [5.41, 5.74) is 2.62. The first-order valence-electron chi connectivity index (χ1n) is 10.9. The average molecular weight is 537 g/mol. The zero-order chi connectivity index (χ0) is 21.0. The first-order chi connectivity index (χ1) is 14.8. The second-order valence-corrected chi connectivity index (χ2v) is 7.54. The predicted molar refractivity (Wildman–Crippen MR) is 141 cm³/mol. The maximum absolute atomic E-state index is 5.25. The molecule has 0 aromatic heterocycles. The number of nitrogens with one attached hydrogen (secondary N) is 2. The molecule has 0 radical (unpaired) electrons. The van der Waals surface area contributed by atoms with Crippen LogP contribution in [0.25, 0.3) is 0 Å². The van der Waals surface area contributed by atoms with Gasteiger partial charge in [0.2, 0.25) is 0 Å². The molecular formula is C24H36IN5O. The third-order valence-electron chi connectivity index (χ3n) is 5.53. The number of anilines is 1. The van der Waals surface area contributed by atoms with Crippen molar-refractivity contribution >= 4 is 35.6 Å². The van der Waals surface area contributed by atoms with Crippen molar-refractivity contribution < 1.29 is 4.74 Å². The number of benzene rings is 2. The van der Waals surface area contributed by atoms with Crippen molar-refractivity contribution in [2.45, 2.75) is 12.8 Å². The molecule has 2 N–H and O–H groups in total. The fourth-order valence-electron chi connectivity index (χ4n) is 3.72. The summed E-state index contributed by atoms with van der Waals surface area (Å²) >= 11 is 0. The van der Waals surface area contributed by atoms with E-state index in [4.69, 9.17) is 4.74 Å². The second kappa shape index (κ2) is 14.1. The average Bonchev–Trinajstić information content (AvgIpc) is 2.82. The standard InChI is InChI=1S/C24H35N5O.HI/c1-25-24(27-15-13-21-7-4-3-5-8-21)26-14-6-16-28-17-19-29(20-18-28)22-9-11-23(30-2)12-10-22;/h3-5,7-12H,6,13-20H2,1-2H3,(H2,25,26,27);1H. The summed E-state index contributed by atoms with van der Waals surface area (Å²) < 4.78 is 5.25. The van der Waals surface area contributed by atoms with Gasteiger partial charge < -0.3 is 20.3 Å². The van der Waals surface area contributed by atoms with Crippen LogP contribution in [0.3, 0.4) is 0 Å². The molecule has 0 spiro atoms. The highest BCUT2D eigenvalue weighted by atomic mass is 127. The van der Waals surface area contributed by atoms with Crippen molar-refractivity contribution in [3.05, 3.63) is 60.2 Å². The molecule has 170 valence electrons. The van der Waals surface area contributed by atoms with Gasteiger partial charge in [0.05, 0.1) is 7.11 Å². The fraction of sp³-hybridized carbons (Fsp3) is 0.458. The van der Waals surface area contributed by atoms with Crippen LogP contribution in [0.5, 0.6) is 5.75 Å². The molecule has 1 aliphatic heterocycles. The second-order valence-electron chi connectivity index (χ2n) is 7.54. The molecule has 1 aliphatic rings. The molecule has 1 fully saturated rings. The molecule has 0 saturated carbocycles. The van der Waals surface area contributed by atoms with Gasteiger partial charge in [-0.2, -0.15) is 0 Å². The van der Waals surface area contributed by atoms with E-state index in [1.54, 1.807) is 7.11 Å². The Morgan fingerprint density at radius 2 is 1.61 bits per heavy atom. The molecular weight excluding hydrogens is 501 g/mol. The number of nitrogens with zero attached hydrogens (tertiary/aromatic N) is 3. The zero-order valence-electron chi connectivity index (χ0n) is 18.7. The van der Waals surface area contributed by atoms with Gasteiger partial charge in [0.25, 0.3) is 0 Å². The van der Waals surface area contributed by atoms with E-state index in [2.05, 4.69) is 67.9 Å². The first kappa shape index (κ1) is 25.3. The van der Waals surface area contributed by atoms with Gasteiger partial charge in [-0.05, 0) is 49.2 Å². The van der Waals surface area contributed by atoms with Gasteiger partial charge >= 0.3 is 0 Å². The summed E-state index contributed by atoms with van der Waals surface area (Å²) in [5, 5.41) is 6.83. The number of halogens is 1. The molecule has 6 nitrogen and oxygen atoms in total. The molecule has 0 aliphatic carbocycles. The predicted octanol–water partition coefficient (Wildman–Crippen LogP) is 3.23. The van der Waals surface area contributed by atoms with Gasteiger partial charge in [0.15, 0.2) is 5.96 Å². The van der Waals surface area contributed by atoms with E-state index in [9.17, 15) is 0 Å². The molecule has 0 unspecified atom stereocenters. The van der Waals surface area contributed by atoms with Crippen molar-refractivity contribution in [2.75, 3.05) is 64.9 Å². The summed E-state index contributed by atoms with van der Waals surface area (Å²) in [7, 11) is 3.54. The molecule has 7 heteroatoms. The molecule has 31 heavy (non-hydrogen) atoms. The number of rotatable bonds is 9. The number of hydrogen-bond donors (Lipinski definition) is 2. The van der Waals surface area contributed by atoms with Gasteiger partial charge in [-0.1, -0.05) is 30.3 Å². The van der Waals surface area contributed by atoms with Crippen molar-refractivity contribution in [2.24, 2.45) is 4.99 Å². The first-order valence-corrected chi connectivity index (χ1v) is 10.9. The lowest BCUT2D eigenvalue weighted by Crippen LogP contribution is -2.47. The Morgan fingerprint density at radius 3 is 2.26 bits per heavy atom. The minimum absolute atomic E-state index is 0. The molecule has 0 atom stereocenters. The summed E-state index contributed by atoms with van der Waals surface area (Å²) in [6.07, 6.45) is 2.11. The lowest BCUT2D eigenvalue weighted by atomic mass is 10.1. The summed E-state index contributed by atoms with van der Waals surface area (Å²) in [4.78, 5) is 9.32. The number of aliphatic imine (C=N–C) groups is 1. The topological polar surface area (TPSA) is 52.1 Å². The Morgan fingerprint density at radius 1 is 0.935 bits per heavy atom. The van der Waals surface area contributed by atoms with E-state index >= 15 is 0 Å². The fourth-order valence-corrected chi connectivity index (χ4v) is 3.72. The Labute approximate surface area is 204 Å². The van der Waals surface area contributed by atoms with Gasteiger partial charge in [0, 0.05) is 52.0 Å². The van der Waals surface area contributed by atoms with E-state index in [1.807, 2.05) is 19.2 Å². The van der Waals surface area contributed by atoms with Crippen LogP contribution in [-0.2, 0) is 6.42 Å². The van der Waals surface area contributed by atoms with Gasteiger partial charge in [-0.3, -0.25) is 9.89 Å². The van der Waals surface area contributed by atoms with Crippen LogP contribution in [0.15, 0.2) is 59.6 Å². The van der Waals surface area contributed by atoms with Crippen molar-refractivity contribution in [3.8, 4) is 5.75 Å². The van der Waals surface area contributed by atoms with Crippen molar-refractivity contribution in [1.29, 1.82) is 0 Å². The van der Waals surface area contributed by atoms with Crippen molar-refractivity contribution in [1.82, 2.24) is 15.5 Å². The number of piperazine rings is 1. The van der Waals surface area contributed by atoms with E-state index < -0.39 is 0 Å². The minimum Gasteiger partial charge on any atom is -0.497 e. The number of hydrogen-bond acceptors (Lipinski definition) is 4. The molecule has 0 bridgehead atoms. The maximum Gasteiger partial charge on any atom is 0.190 e. The van der Waals surface area contributed by atoms with Crippen LogP contribution in [0.4, 0.5) is 5.69 Å². The Balaban J connectivity index is 0.00000341. The van der Waals surface area contributed by atoms with E-state index in [0.29, 0.717) is 0 Å². The SMILES string of the molecule is CN=C(NCCCN1CCN(c2ccc(OC)cc2)CC1)NCCc1ccccc1.I. The summed E-state index contributed by atoms with van der Waals surface area (Å²) in [6, 6.07) is 18.9. The van der Waals surface area contributed by atoms with E-state index in [-0.39, 0.29) is 24.0 Å². The molecule has 2 aromatic carbocycles. The highest BCUT2D eigenvalue weighted by Gasteiger charge is 2.16. The minimum atomic E-state index is 0. The molecule has 0 amide bonds. The Kier molecular flexibility index (Phi) is 11.5. The van der Waals surface area contributed by atoms with Crippen LogP contribution in [0.2, 0.25) is 0 Å². The quantitative estimate of drug-likeness (QED) is 0.223. The maximum atomic E-state index is 5.25. The van der Waals surface area contributed by atoms with E-state index in [1.165, 1.54) is 11.3 Å². The molecule has 1 saturated heterocycles. The number of methoxy groups -OCH3 is 1. The van der Waals surface area contributed by atoms with Crippen molar-refractivity contribution in [3.63, 3.8) is 0 Å². The monoisotopic (exact) mass is 537 g/mol. The highest BCUT2D eigenvalue weighted by Crippen LogP contribution is 2.20. The Bertz CT molecular complexity index is 761. The van der Waals surface area contributed by atoms with Crippen LogP contribution < -0.4 is 20.3 Å². The van der Waals surface area contributed by atoms with Crippen LogP contribution >= 0.6 is 24.0 Å². The Hall–Kier alpha value is -2.00. The highest BCUT2D eigenvalue weighted by molar-refractivity contribution is 14.0. The van der Waals surface area contributed by atoms with Gasteiger partial charge in [-0.15, -0.1) is 24.0 Å². The van der Waals surface area contributed by atoms with E-state index in [0.717, 1.165) is 70.4 Å². The third-order valence-corrected chi connectivity index (χ3v) is 5.53. The normalized spacial score (nSPS) is 14.6. The third kappa shape index (κ3) is 8.57. The van der Waals surface area contributed by atoms with Gasteiger partial charge in [-0.25, -0.2) is 0 Å². The molecule has 3 rings (SSSR count). The lowest BCUT2D eigenvalue weighted by molar-refractivity contribution is 0.255. The largest absolute Gasteiger partial charge is 0.497 e. The summed E-state index contributed by atoms with van der Waals surface area (Å²) in [6.45, 7) is 7.29. The zero-order valence-corrected chi connectivity index (χ0v) is 21.0. The molecule has 1 heterocycles. The lowest BCUT2D eigenvalue weighted by Gasteiger charge is -2.36. The molecule has 2 aromatic rings. The number of guanidine groups is 1. The smallest absolute Gasteiger partial charge is 0.190 e. The van der Waals surface area contributed by atoms with Crippen LogP contribution in [0.1, 0.15) is 12.0 Å². The summed E-state index contributed by atoms with van der Waals surface area (Å²) in [5.74, 6) is 1.80. The van der Waals surface area contributed by atoms with Gasteiger partial charge in [0.1, 0.15) is 5.75 Å².